The van der Waals surface area contributed by atoms with Gasteiger partial charge in [0.25, 0.3) is 17.4 Å². The van der Waals surface area contributed by atoms with Crippen LogP contribution in [0.2, 0.25) is 0 Å². The summed E-state index contributed by atoms with van der Waals surface area (Å²) in [5.41, 5.74) is 11.7. The number of hydrogen-bond acceptors (Lipinski definition) is 15. The lowest BCUT2D eigenvalue weighted by Crippen LogP contribution is -2.52. The molecule has 0 bridgehead atoms. The molecule has 82 heavy (non-hydrogen) atoms. The van der Waals surface area contributed by atoms with E-state index in [2.05, 4.69) is 114 Å². The van der Waals surface area contributed by atoms with Gasteiger partial charge < -0.3 is 60.2 Å². The summed E-state index contributed by atoms with van der Waals surface area (Å²) >= 11 is 0. The van der Waals surface area contributed by atoms with Crippen LogP contribution in [-0.4, -0.2) is 133 Å². The summed E-state index contributed by atoms with van der Waals surface area (Å²) in [7, 11) is -7.74. The number of amides is 3. The molecular formula is C55H74N10O15P2+2. The Bertz CT molecular complexity index is 3660. The van der Waals surface area contributed by atoms with Gasteiger partial charge in [0.1, 0.15) is 24.1 Å². The Morgan fingerprint density at radius 2 is 1.68 bits per heavy atom. The highest BCUT2D eigenvalue weighted by Gasteiger charge is 2.51. The summed E-state index contributed by atoms with van der Waals surface area (Å²) in [5.74, 6) is 1.13. The third-order valence-electron chi connectivity index (χ3n) is 16.0. The van der Waals surface area contributed by atoms with Crippen molar-refractivity contribution >= 4 is 61.9 Å². The quantitative estimate of drug-likeness (QED) is 0.0346. The second-order valence-electron chi connectivity index (χ2n) is 22.8. The van der Waals surface area contributed by atoms with E-state index >= 15 is 0 Å². The van der Waals surface area contributed by atoms with Gasteiger partial charge in [-0.25, -0.2) is 23.1 Å². The number of aliphatic hydroxyl groups is 1. The number of alkyl carbamates (subject to hydrolysis) is 1. The highest BCUT2D eigenvalue weighted by molar-refractivity contribution is 7.60. The van der Waals surface area contributed by atoms with Gasteiger partial charge in [0.15, 0.2) is 24.1 Å². The molecule has 3 unspecified atom stereocenters. The molecule has 9 N–H and O–H groups in total. The number of phosphoric ester groups is 1. The number of phosphoric acid groups is 2. The number of aliphatic hydroxyl groups excluding tert-OH is 1. The first-order valence-electron chi connectivity index (χ1n) is 27.4. The van der Waals surface area contributed by atoms with E-state index in [0.29, 0.717) is 12.0 Å². The Hall–Kier alpha value is -6.53. The molecule has 4 aliphatic rings. The standard InChI is InChI=1S/C55H72N10O15P2/c1-11-64-38-24-40-36(22-34(38)30(3)26-54(64,5)6)44(37-23-35-31(4)27-55(7,8)65(12-2)39(35)25-41(37)77-40)32-16-13-14-17-33(32)50(69)61(9)21-15-18-43(66)57-19-20-58-53(70)79-47-42(28-76-82(74,75)80-81(71,72)73)78-51(46(47)67)63-29-62(10)45-48(63)59-52(56)60-49(45)68/h13-14,16-17,22-25,29-31,42,46-47,51,67H,11-12,15,18-21,26-28H2,1-10H3,(H6-2,56,57,58,59,60,66,68,70,71,72,73,74,75)/p+2/t30?,31?,42-,46-,47-,51-/m1/s1. The Kier molecular flexibility index (Phi) is 16.8. The summed E-state index contributed by atoms with van der Waals surface area (Å²) < 4.78 is 55.6. The van der Waals surface area contributed by atoms with Gasteiger partial charge in [0.05, 0.1) is 19.7 Å². The molecule has 1 fully saturated rings. The van der Waals surface area contributed by atoms with Gasteiger partial charge in [-0.05, 0) is 95.5 Å². The molecule has 6 heterocycles. The van der Waals surface area contributed by atoms with E-state index in [9.17, 15) is 38.3 Å². The first-order valence-corrected chi connectivity index (χ1v) is 30.4. The molecule has 0 saturated carbocycles. The number of imidazole rings is 1. The number of hydrogen-bond donors (Lipinski definition) is 8. The number of anilines is 2. The molecule has 25 nitrogen and oxygen atoms in total. The van der Waals surface area contributed by atoms with E-state index in [0.717, 1.165) is 70.4 Å². The molecule has 27 heteroatoms. The van der Waals surface area contributed by atoms with Crippen molar-refractivity contribution in [3.63, 3.8) is 0 Å². The molecule has 0 spiro atoms. The largest absolute Gasteiger partial charge is 0.481 e. The average Bonchev–Trinajstić information content (AvgIpc) is 1.24. The van der Waals surface area contributed by atoms with Gasteiger partial charge >= 0.3 is 27.4 Å². The number of benzene rings is 3. The smallest absolute Gasteiger partial charge is 0.456 e. The molecule has 7 atom stereocenters. The van der Waals surface area contributed by atoms with Crippen molar-refractivity contribution in [2.75, 3.05) is 57.0 Å². The van der Waals surface area contributed by atoms with Crippen LogP contribution in [0.4, 0.5) is 16.4 Å². The van der Waals surface area contributed by atoms with E-state index in [1.54, 1.807) is 11.9 Å². The predicted octanol–water partition coefficient (Wildman–Crippen LogP) is 3.64. The normalized spacial score (nSPS) is 22.3. The van der Waals surface area contributed by atoms with Crippen LogP contribution < -0.4 is 51.3 Å². The minimum absolute atomic E-state index is 0.0166. The second-order valence-corrected chi connectivity index (χ2v) is 25.6. The Balaban J connectivity index is 0.872. The van der Waals surface area contributed by atoms with Crippen LogP contribution in [0.1, 0.15) is 132 Å². The number of nitrogens with zero attached hydrogens (tertiary/aromatic N) is 6. The van der Waals surface area contributed by atoms with E-state index in [-0.39, 0.29) is 77.9 Å². The Labute approximate surface area is 473 Å². The molecule has 3 amide bonds. The molecule has 9 rings (SSSR count). The zero-order valence-corrected chi connectivity index (χ0v) is 49.5. The molecular weight excluding hydrogens is 1100 g/mol. The number of carbonyl (C=O) groups excluding carboxylic acids is 3. The van der Waals surface area contributed by atoms with Crippen molar-refractivity contribution in [2.45, 2.75) is 129 Å². The molecule has 2 aromatic heterocycles. The number of nitrogen functional groups attached to an aromatic ring is 1. The van der Waals surface area contributed by atoms with Crippen LogP contribution in [0.3, 0.4) is 0 Å². The molecule has 0 aliphatic carbocycles. The topological polar surface area (TPSA) is 327 Å². The number of aromatic nitrogens is 4. The summed E-state index contributed by atoms with van der Waals surface area (Å²) in [6, 6.07) is 16.6. The highest BCUT2D eigenvalue weighted by Crippen LogP contribution is 2.58. The Morgan fingerprint density at radius 1 is 0.976 bits per heavy atom. The maximum absolute atomic E-state index is 14.7. The summed E-state index contributed by atoms with van der Waals surface area (Å²) in [6.45, 7) is 18.8. The number of ether oxygens (including phenoxy) is 3. The number of nitrogens with one attached hydrogen (secondary N) is 3. The van der Waals surface area contributed by atoms with Crippen LogP contribution in [-0.2, 0) is 39.3 Å². The highest BCUT2D eigenvalue weighted by atomic mass is 31.3. The van der Waals surface area contributed by atoms with Gasteiger partial charge in [-0.1, -0.05) is 37.0 Å². The number of aryl methyl sites for hydroxylation is 1. The van der Waals surface area contributed by atoms with Crippen molar-refractivity contribution < 1.29 is 70.9 Å². The minimum Gasteiger partial charge on any atom is -0.456 e. The van der Waals surface area contributed by atoms with Crippen LogP contribution in [0, 0.1) is 0 Å². The lowest BCUT2D eigenvalue weighted by Gasteiger charge is -2.47. The molecule has 0 radical (unpaired) electrons. The zero-order valence-electron chi connectivity index (χ0n) is 47.7. The maximum Gasteiger partial charge on any atom is 0.481 e. The van der Waals surface area contributed by atoms with Gasteiger partial charge in [-0.15, -0.1) is 0 Å². The average molecular weight is 1180 g/mol. The van der Waals surface area contributed by atoms with Crippen LogP contribution >= 0.6 is 15.6 Å². The van der Waals surface area contributed by atoms with E-state index in [1.807, 2.05) is 24.3 Å². The van der Waals surface area contributed by atoms with Gasteiger partial charge in [0.2, 0.25) is 23.0 Å². The van der Waals surface area contributed by atoms with Crippen LogP contribution in [0.25, 0.3) is 16.7 Å². The first-order chi connectivity index (χ1) is 38.5. The van der Waals surface area contributed by atoms with Crippen molar-refractivity contribution in [3.05, 3.63) is 104 Å². The number of H-pyrrole nitrogens is 1. The maximum atomic E-state index is 14.7. The van der Waals surface area contributed by atoms with Gasteiger partial charge in [-0.2, -0.15) is 4.31 Å². The first kappa shape index (κ1) is 60.1. The molecule has 3 aromatic carbocycles. The SMILES string of the molecule is CCN1c2cc3c(cc2C(C)CC1(C)C)C(c1ccccc1C(=O)N(C)CCCC(=O)NCCNC(=O)O[C@H]1[C@@H](O)[C@H]([n+]2cn(C)c4c(=O)[nH]c(N)nc42)O[C@@H]1COP(=O)(O)OP(=O)(O)O)=c1cc2c(cc1O3)=[N+](CC)C(C)(C)CC2C. The number of aromatic amines is 1. The number of rotatable bonds is 18. The van der Waals surface area contributed by atoms with Gasteiger partial charge in [-0.3, -0.25) is 28.5 Å². The van der Waals surface area contributed by atoms with Crippen LogP contribution in [0.15, 0.2) is 59.7 Å². The van der Waals surface area contributed by atoms with Crippen molar-refractivity contribution in [1.82, 2.24) is 34.6 Å². The third-order valence-corrected chi connectivity index (χ3v) is 18.1. The van der Waals surface area contributed by atoms with E-state index < -0.39 is 58.4 Å². The molecule has 4 aliphatic heterocycles. The fourth-order valence-corrected chi connectivity index (χ4v) is 14.2. The predicted molar refractivity (Wildman–Crippen MR) is 302 cm³/mol. The fraction of sp³-hybridized carbons (Fsp3) is 0.509. The summed E-state index contributed by atoms with van der Waals surface area (Å²) in [5, 5.41) is 18.7. The molecule has 5 aromatic rings. The van der Waals surface area contributed by atoms with Crippen LogP contribution in [0.5, 0.6) is 11.5 Å². The van der Waals surface area contributed by atoms with E-state index in [4.69, 9.17) is 34.3 Å². The summed E-state index contributed by atoms with van der Waals surface area (Å²) in [4.78, 5) is 92.4. The lowest BCUT2D eigenvalue weighted by molar-refractivity contribution is -0.745. The lowest BCUT2D eigenvalue weighted by atomic mass is 9.77. The third kappa shape index (κ3) is 12.0. The monoisotopic (exact) mass is 1180 g/mol. The summed E-state index contributed by atoms with van der Waals surface area (Å²) in [6.07, 6.45) is -4.02. The van der Waals surface area contributed by atoms with Crippen molar-refractivity contribution in [3.8, 4) is 11.5 Å². The number of carbonyl (C=O) groups is 3. The number of fused-ring (bicyclic) bond motifs is 5. The zero-order chi connectivity index (χ0) is 59.5. The van der Waals surface area contributed by atoms with Crippen molar-refractivity contribution in [1.29, 1.82) is 0 Å². The van der Waals surface area contributed by atoms with E-state index in [1.165, 1.54) is 33.6 Å². The van der Waals surface area contributed by atoms with Crippen molar-refractivity contribution in [2.24, 2.45) is 7.05 Å². The molecule has 1 saturated heterocycles. The number of nitrogens with two attached hydrogens (primary N) is 1. The fourth-order valence-electron chi connectivity index (χ4n) is 12.6. The molecule has 442 valence electrons. The Morgan fingerprint density at radius 3 is 2.39 bits per heavy atom. The minimum atomic E-state index is -5.52. The van der Waals surface area contributed by atoms with Gasteiger partial charge in [0, 0.05) is 90.8 Å². The second kappa shape index (κ2) is 22.9.